The Morgan fingerprint density at radius 1 is 0.806 bits per heavy atom. The average molecular weight is 426 g/mol. The summed E-state index contributed by atoms with van der Waals surface area (Å²) in [5.74, 6) is 0.163. The molecule has 0 aliphatic heterocycles. The highest BCUT2D eigenvalue weighted by atomic mass is 32.2. The lowest BCUT2D eigenvalue weighted by molar-refractivity contribution is -0.113. The van der Waals surface area contributed by atoms with E-state index in [9.17, 15) is 4.79 Å². The Bertz CT molecular complexity index is 1110. The Hall–Kier alpha value is -3.44. The van der Waals surface area contributed by atoms with E-state index >= 15 is 0 Å². The van der Waals surface area contributed by atoms with Gasteiger partial charge in [-0.25, -0.2) is 9.97 Å². The summed E-state index contributed by atoms with van der Waals surface area (Å²) in [6.07, 6.45) is 0.931. The van der Waals surface area contributed by atoms with E-state index in [1.54, 1.807) is 0 Å². The number of thioether (sulfide) groups is 1. The number of aryl methyl sites for hydroxylation is 1. The highest BCUT2D eigenvalue weighted by Crippen LogP contribution is 2.27. The molecule has 1 aromatic heterocycles. The van der Waals surface area contributed by atoms with Gasteiger partial charge < -0.3 is 5.32 Å². The Balaban J connectivity index is 1.55. The zero-order valence-corrected chi connectivity index (χ0v) is 18.1. The summed E-state index contributed by atoms with van der Waals surface area (Å²) < 4.78 is 0. The molecular formula is C26H23N3OS. The predicted octanol–water partition coefficient (Wildman–Crippen LogP) is 6.10. The molecule has 1 N–H and O–H groups in total. The molecule has 0 fully saturated rings. The fraction of sp³-hybridized carbons (Fsp3) is 0.115. The summed E-state index contributed by atoms with van der Waals surface area (Å²) in [7, 11) is 0. The SMILES string of the molecule is CCc1cccc(NC(=O)CSc2nc(-c3ccccc3)cc(-c3ccccc3)n2)c1. The molecule has 0 aliphatic carbocycles. The Labute approximate surface area is 186 Å². The zero-order valence-electron chi connectivity index (χ0n) is 17.3. The van der Waals surface area contributed by atoms with Crippen LogP contribution in [-0.2, 0) is 11.2 Å². The first-order valence-corrected chi connectivity index (χ1v) is 11.2. The predicted molar refractivity (Wildman–Crippen MR) is 128 cm³/mol. The minimum absolute atomic E-state index is 0.0757. The van der Waals surface area contributed by atoms with Crippen LogP contribution in [0.25, 0.3) is 22.5 Å². The second-order valence-corrected chi connectivity index (χ2v) is 7.99. The van der Waals surface area contributed by atoms with Gasteiger partial charge in [-0.2, -0.15) is 0 Å². The molecular weight excluding hydrogens is 402 g/mol. The van der Waals surface area contributed by atoms with Crippen molar-refractivity contribution in [1.29, 1.82) is 0 Å². The number of amides is 1. The van der Waals surface area contributed by atoms with Gasteiger partial charge in [-0.15, -0.1) is 0 Å². The molecule has 0 saturated carbocycles. The standard InChI is InChI=1S/C26H23N3OS/c1-2-19-10-9-15-22(16-19)27-25(30)18-31-26-28-23(20-11-5-3-6-12-20)17-24(29-26)21-13-7-4-8-14-21/h3-17H,2,18H2,1H3,(H,27,30). The van der Waals surface area contributed by atoms with Crippen LogP contribution in [0.4, 0.5) is 5.69 Å². The van der Waals surface area contributed by atoms with Crippen molar-refractivity contribution in [2.75, 3.05) is 11.1 Å². The van der Waals surface area contributed by atoms with E-state index in [1.807, 2.05) is 84.9 Å². The van der Waals surface area contributed by atoms with Crippen LogP contribution in [-0.4, -0.2) is 21.6 Å². The molecule has 154 valence electrons. The van der Waals surface area contributed by atoms with Gasteiger partial charge in [0.2, 0.25) is 5.91 Å². The maximum Gasteiger partial charge on any atom is 0.234 e. The highest BCUT2D eigenvalue weighted by Gasteiger charge is 2.11. The van der Waals surface area contributed by atoms with E-state index < -0.39 is 0 Å². The van der Waals surface area contributed by atoms with Crippen LogP contribution >= 0.6 is 11.8 Å². The van der Waals surface area contributed by atoms with Crippen molar-refractivity contribution < 1.29 is 4.79 Å². The van der Waals surface area contributed by atoms with Crippen LogP contribution in [0, 0.1) is 0 Å². The molecule has 0 radical (unpaired) electrons. The summed E-state index contributed by atoms with van der Waals surface area (Å²) in [5.41, 5.74) is 5.72. The third-order valence-corrected chi connectivity index (χ3v) is 5.64. The van der Waals surface area contributed by atoms with Crippen LogP contribution in [0.2, 0.25) is 0 Å². The second kappa shape index (κ2) is 10.0. The Kier molecular flexibility index (Phi) is 6.75. The largest absolute Gasteiger partial charge is 0.325 e. The first-order chi connectivity index (χ1) is 15.2. The molecule has 0 unspecified atom stereocenters. The normalized spacial score (nSPS) is 10.6. The van der Waals surface area contributed by atoms with Crippen LogP contribution < -0.4 is 5.32 Å². The molecule has 0 saturated heterocycles. The van der Waals surface area contributed by atoms with Crippen molar-refractivity contribution in [1.82, 2.24) is 9.97 Å². The van der Waals surface area contributed by atoms with Crippen molar-refractivity contribution in [3.63, 3.8) is 0 Å². The Morgan fingerprint density at radius 2 is 1.42 bits per heavy atom. The lowest BCUT2D eigenvalue weighted by Gasteiger charge is -2.09. The topological polar surface area (TPSA) is 54.9 Å². The number of benzene rings is 3. The maximum absolute atomic E-state index is 12.5. The summed E-state index contributed by atoms with van der Waals surface area (Å²) in [6.45, 7) is 2.10. The monoisotopic (exact) mass is 425 g/mol. The van der Waals surface area contributed by atoms with Crippen molar-refractivity contribution in [2.45, 2.75) is 18.5 Å². The number of hydrogen-bond acceptors (Lipinski definition) is 4. The summed E-state index contributed by atoms with van der Waals surface area (Å²) >= 11 is 1.34. The van der Waals surface area contributed by atoms with Crippen molar-refractivity contribution in [3.05, 3.63) is 96.6 Å². The van der Waals surface area contributed by atoms with E-state index in [4.69, 9.17) is 9.97 Å². The van der Waals surface area contributed by atoms with E-state index in [0.717, 1.165) is 34.6 Å². The molecule has 1 heterocycles. The van der Waals surface area contributed by atoms with Crippen LogP contribution in [0.5, 0.6) is 0 Å². The minimum Gasteiger partial charge on any atom is -0.325 e. The second-order valence-electron chi connectivity index (χ2n) is 7.04. The molecule has 0 bridgehead atoms. The van der Waals surface area contributed by atoms with Crippen LogP contribution in [0.3, 0.4) is 0 Å². The van der Waals surface area contributed by atoms with Gasteiger partial charge in [0.25, 0.3) is 0 Å². The van der Waals surface area contributed by atoms with Gasteiger partial charge in [0.15, 0.2) is 5.16 Å². The van der Waals surface area contributed by atoms with Gasteiger partial charge in [0.1, 0.15) is 0 Å². The number of nitrogens with one attached hydrogen (secondary N) is 1. The van der Waals surface area contributed by atoms with Gasteiger partial charge in [-0.1, -0.05) is 91.5 Å². The quantitative estimate of drug-likeness (QED) is 0.287. The molecule has 4 nitrogen and oxygen atoms in total. The third kappa shape index (κ3) is 5.58. The lowest BCUT2D eigenvalue weighted by atomic mass is 10.1. The molecule has 0 spiro atoms. The highest BCUT2D eigenvalue weighted by molar-refractivity contribution is 7.99. The molecule has 0 aliphatic rings. The smallest absolute Gasteiger partial charge is 0.234 e. The fourth-order valence-electron chi connectivity index (χ4n) is 3.20. The van der Waals surface area contributed by atoms with Gasteiger partial charge in [0.05, 0.1) is 17.1 Å². The van der Waals surface area contributed by atoms with Crippen LogP contribution in [0.15, 0.2) is 96.2 Å². The number of anilines is 1. The molecule has 1 amide bonds. The van der Waals surface area contributed by atoms with Crippen molar-refractivity contribution in [2.24, 2.45) is 0 Å². The molecule has 4 rings (SSSR count). The van der Waals surface area contributed by atoms with Crippen LogP contribution in [0.1, 0.15) is 12.5 Å². The number of rotatable bonds is 7. The maximum atomic E-state index is 12.5. The summed E-state index contributed by atoms with van der Waals surface area (Å²) in [6, 6.07) is 29.9. The van der Waals surface area contributed by atoms with Gasteiger partial charge in [-0.05, 0) is 30.2 Å². The van der Waals surface area contributed by atoms with Crippen molar-refractivity contribution >= 4 is 23.4 Å². The number of carbonyl (C=O) groups is 1. The van der Waals surface area contributed by atoms with Gasteiger partial charge in [0, 0.05) is 16.8 Å². The van der Waals surface area contributed by atoms with E-state index in [1.165, 1.54) is 17.3 Å². The minimum atomic E-state index is -0.0757. The van der Waals surface area contributed by atoms with E-state index in [0.29, 0.717) is 5.16 Å². The fourth-order valence-corrected chi connectivity index (χ4v) is 3.86. The summed E-state index contributed by atoms with van der Waals surface area (Å²) in [4.78, 5) is 21.9. The van der Waals surface area contributed by atoms with Gasteiger partial charge in [-0.3, -0.25) is 4.79 Å². The van der Waals surface area contributed by atoms with Crippen molar-refractivity contribution in [3.8, 4) is 22.5 Å². The van der Waals surface area contributed by atoms with E-state index in [-0.39, 0.29) is 11.7 Å². The first-order valence-electron chi connectivity index (χ1n) is 10.2. The number of nitrogens with zero attached hydrogens (tertiary/aromatic N) is 2. The number of hydrogen-bond donors (Lipinski definition) is 1. The molecule has 5 heteroatoms. The van der Waals surface area contributed by atoms with E-state index in [2.05, 4.69) is 18.3 Å². The molecule has 0 atom stereocenters. The zero-order chi connectivity index (χ0) is 21.5. The summed E-state index contributed by atoms with van der Waals surface area (Å²) in [5, 5.41) is 3.55. The molecule has 31 heavy (non-hydrogen) atoms. The third-order valence-electron chi connectivity index (χ3n) is 4.80. The molecule has 3 aromatic carbocycles. The molecule has 4 aromatic rings. The number of carbonyl (C=O) groups excluding carboxylic acids is 1. The Morgan fingerprint density at radius 3 is 2.00 bits per heavy atom. The lowest BCUT2D eigenvalue weighted by Crippen LogP contribution is -2.14. The number of aromatic nitrogens is 2. The van der Waals surface area contributed by atoms with Gasteiger partial charge >= 0.3 is 0 Å². The first kappa shape index (κ1) is 20.8. The average Bonchev–Trinajstić information content (AvgIpc) is 2.84.